The van der Waals surface area contributed by atoms with Crippen molar-refractivity contribution < 1.29 is 4.84 Å². The maximum Gasteiger partial charge on any atom is 0.284 e. The van der Waals surface area contributed by atoms with Gasteiger partial charge >= 0.3 is 0 Å². The zero-order valence-corrected chi connectivity index (χ0v) is 14.8. The Morgan fingerprint density at radius 1 is 0.630 bits per heavy atom. The van der Waals surface area contributed by atoms with E-state index in [2.05, 4.69) is 0 Å². The maximum absolute atomic E-state index is 12.9. The SMILES string of the molecule is O=c1cc(-c2ccccc2)cc(-c2ccccc2)n1OCc1ccccc1. The van der Waals surface area contributed by atoms with Crippen LogP contribution < -0.4 is 10.4 Å². The molecule has 0 amide bonds. The minimum atomic E-state index is -0.189. The molecule has 3 heteroatoms. The van der Waals surface area contributed by atoms with Crippen molar-refractivity contribution in [2.45, 2.75) is 6.61 Å². The van der Waals surface area contributed by atoms with Crippen LogP contribution in [0.4, 0.5) is 0 Å². The first kappa shape index (κ1) is 16.9. The number of rotatable bonds is 5. The molecule has 1 aromatic heterocycles. The van der Waals surface area contributed by atoms with E-state index < -0.39 is 0 Å². The van der Waals surface area contributed by atoms with E-state index in [0.717, 1.165) is 27.9 Å². The summed E-state index contributed by atoms with van der Waals surface area (Å²) in [5.74, 6) is 0. The van der Waals surface area contributed by atoms with Gasteiger partial charge in [0.1, 0.15) is 6.61 Å². The average molecular weight is 353 g/mol. The molecule has 0 bridgehead atoms. The molecular formula is C24H19NO2. The molecule has 27 heavy (non-hydrogen) atoms. The van der Waals surface area contributed by atoms with E-state index in [1.807, 2.05) is 97.1 Å². The zero-order valence-electron chi connectivity index (χ0n) is 14.8. The van der Waals surface area contributed by atoms with Crippen LogP contribution in [0.1, 0.15) is 5.56 Å². The molecule has 0 unspecified atom stereocenters. The molecule has 0 aliphatic heterocycles. The van der Waals surface area contributed by atoms with Gasteiger partial charge in [-0.2, -0.15) is 0 Å². The van der Waals surface area contributed by atoms with E-state index in [-0.39, 0.29) is 5.56 Å². The van der Waals surface area contributed by atoms with Gasteiger partial charge in [0.25, 0.3) is 5.56 Å². The van der Waals surface area contributed by atoms with E-state index in [0.29, 0.717) is 6.61 Å². The molecule has 0 aliphatic carbocycles. The number of pyridine rings is 1. The first-order valence-electron chi connectivity index (χ1n) is 8.86. The van der Waals surface area contributed by atoms with Gasteiger partial charge in [-0.25, -0.2) is 0 Å². The highest BCUT2D eigenvalue weighted by Gasteiger charge is 2.11. The van der Waals surface area contributed by atoms with Crippen molar-refractivity contribution in [2.75, 3.05) is 0 Å². The molecule has 132 valence electrons. The lowest BCUT2D eigenvalue weighted by atomic mass is 10.0. The second-order valence-electron chi connectivity index (χ2n) is 6.25. The summed E-state index contributed by atoms with van der Waals surface area (Å²) in [4.78, 5) is 18.8. The topological polar surface area (TPSA) is 31.2 Å². The minimum absolute atomic E-state index is 0.189. The number of hydrogen-bond donors (Lipinski definition) is 0. The van der Waals surface area contributed by atoms with E-state index >= 15 is 0 Å². The number of nitrogens with zero attached hydrogens (tertiary/aromatic N) is 1. The molecule has 0 N–H and O–H groups in total. The van der Waals surface area contributed by atoms with Gasteiger partial charge in [-0.1, -0.05) is 91.0 Å². The Labute approximate surface area is 158 Å². The van der Waals surface area contributed by atoms with Gasteiger partial charge in [-0.05, 0) is 22.8 Å². The smallest absolute Gasteiger partial charge is 0.284 e. The first-order valence-corrected chi connectivity index (χ1v) is 8.86. The fourth-order valence-electron chi connectivity index (χ4n) is 3.01. The van der Waals surface area contributed by atoms with Crippen molar-refractivity contribution in [1.82, 2.24) is 4.73 Å². The molecule has 3 aromatic carbocycles. The Morgan fingerprint density at radius 2 is 1.19 bits per heavy atom. The van der Waals surface area contributed by atoms with Crippen LogP contribution in [0.2, 0.25) is 0 Å². The van der Waals surface area contributed by atoms with Crippen LogP contribution >= 0.6 is 0 Å². The molecule has 0 spiro atoms. The molecule has 1 heterocycles. The molecule has 4 rings (SSSR count). The predicted molar refractivity (Wildman–Crippen MR) is 108 cm³/mol. The highest BCUT2D eigenvalue weighted by molar-refractivity contribution is 5.70. The highest BCUT2D eigenvalue weighted by Crippen LogP contribution is 2.24. The number of aromatic nitrogens is 1. The van der Waals surface area contributed by atoms with Gasteiger partial charge in [0, 0.05) is 11.6 Å². The molecule has 0 radical (unpaired) electrons. The lowest BCUT2D eigenvalue weighted by Crippen LogP contribution is -2.27. The maximum atomic E-state index is 12.9. The number of hydrogen-bond acceptors (Lipinski definition) is 2. The van der Waals surface area contributed by atoms with Crippen molar-refractivity contribution in [3.8, 4) is 22.4 Å². The van der Waals surface area contributed by atoms with E-state index in [1.54, 1.807) is 6.07 Å². The third-order valence-electron chi connectivity index (χ3n) is 4.37. The summed E-state index contributed by atoms with van der Waals surface area (Å²) in [7, 11) is 0. The number of benzene rings is 3. The summed E-state index contributed by atoms with van der Waals surface area (Å²) >= 11 is 0. The van der Waals surface area contributed by atoms with Crippen LogP contribution in [0.3, 0.4) is 0 Å². The Hall–Kier alpha value is -3.59. The van der Waals surface area contributed by atoms with E-state index in [1.165, 1.54) is 4.73 Å². The summed E-state index contributed by atoms with van der Waals surface area (Å²) in [6.45, 7) is 0.325. The Bertz CT molecular complexity index is 1070. The van der Waals surface area contributed by atoms with Crippen LogP contribution in [0.15, 0.2) is 108 Å². The van der Waals surface area contributed by atoms with Crippen molar-refractivity contribution in [1.29, 1.82) is 0 Å². The van der Waals surface area contributed by atoms with Crippen molar-refractivity contribution in [2.24, 2.45) is 0 Å². The third-order valence-corrected chi connectivity index (χ3v) is 4.37. The zero-order chi connectivity index (χ0) is 18.5. The lowest BCUT2D eigenvalue weighted by molar-refractivity contribution is 0.0929. The van der Waals surface area contributed by atoms with Gasteiger partial charge in [-0.15, -0.1) is 4.73 Å². The Kier molecular flexibility index (Phi) is 4.84. The van der Waals surface area contributed by atoms with E-state index in [9.17, 15) is 4.79 Å². The lowest BCUT2D eigenvalue weighted by Gasteiger charge is -2.15. The average Bonchev–Trinajstić information content (AvgIpc) is 2.74. The van der Waals surface area contributed by atoms with Crippen LogP contribution in [-0.2, 0) is 6.61 Å². The second kappa shape index (κ2) is 7.75. The van der Waals surface area contributed by atoms with Crippen LogP contribution in [0.5, 0.6) is 0 Å². The standard InChI is InChI=1S/C24H19NO2/c26-24-17-22(20-12-6-2-7-13-20)16-23(21-14-8-3-9-15-21)25(24)27-18-19-10-4-1-5-11-19/h1-17H,18H2. The normalized spacial score (nSPS) is 10.5. The van der Waals surface area contributed by atoms with Crippen molar-refractivity contribution in [3.63, 3.8) is 0 Å². The van der Waals surface area contributed by atoms with Gasteiger partial charge < -0.3 is 4.84 Å². The van der Waals surface area contributed by atoms with Gasteiger partial charge in [0.05, 0.1) is 5.69 Å². The minimum Gasteiger partial charge on any atom is -0.405 e. The molecule has 3 nitrogen and oxygen atoms in total. The summed E-state index contributed by atoms with van der Waals surface area (Å²) in [6.07, 6.45) is 0. The van der Waals surface area contributed by atoms with Gasteiger partial charge in [0.2, 0.25) is 0 Å². The fraction of sp³-hybridized carbons (Fsp3) is 0.0417. The van der Waals surface area contributed by atoms with Crippen molar-refractivity contribution in [3.05, 3.63) is 119 Å². The van der Waals surface area contributed by atoms with E-state index in [4.69, 9.17) is 4.84 Å². The molecule has 0 aliphatic rings. The second-order valence-corrected chi connectivity index (χ2v) is 6.25. The quantitative estimate of drug-likeness (QED) is 0.515. The molecule has 0 fully saturated rings. The molecular weight excluding hydrogens is 334 g/mol. The summed E-state index contributed by atoms with van der Waals surface area (Å²) < 4.78 is 1.38. The fourth-order valence-corrected chi connectivity index (χ4v) is 3.01. The van der Waals surface area contributed by atoms with Gasteiger partial charge in [-0.3, -0.25) is 4.79 Å². The Balaban J connectivity index is 1.79. The largest absolute Gasteiger partial charge is 0.405 e. The first-order chi connectivity index (χ1) is 13.3. The van der Waals surface area contributed by atoms with Crippen LogP contribution in [-0.4, -0.2) is 4.73 Å². The van der Waals surface area contributed by atoms with Crippen molar-refractivity contribution >= 4 is 0 Å². The van der Waals surface area contributed by atoms with Crippen LogP contribution in [0.25, 0.3) is 22.4 Å². The highest BCUT2D eigenvalue weighted by atomic mass is 16.7. The third kappa shape index (κ3) is 3.82. The van der Waals surface area contributed by atoms with Gasteiger partial charge in [0.15, 0.2) is 0 Å². The molecule has 0 saturated carbocycles. The van der Waals surface area contributed by atoms with Crippen LogP contribution in [0, 0.1) is 0 Å². The molecule has 4 aromatic rings. The summed E-state index contributed by atoms with van der Waals surface area (Å²) in [6, 6.07) is 33.2. The molecule has 0 saturated heterocycles. The Morgan fingerprint density at radius 3 is 1.81 bits per heavy atom. The predicted octanol–water partition coefficient (Wildman–Crippen LogP) is 4.81. The molecule has 0 atom stereocenters. The summed E-state index contributed by atoms with van der Waals surface area (Å²) in [5, 5.41) is 0. The summed E-state index contributed by atoms with van der Waals surface area (Å²) in [5.41, 5.74) is 4.36. The monoisotopic (exact) mass is 353 g/mol.